The van der Waals surface area contributed by atoms with Gasteiger partial charge in [0.25, 0.3) is 0 Å². The van der Waals surface area contributed by atoms with Crippen molar-refractivity contribution in [2.24, 2.45) is 0 Å². The molecule has 0 spiro atoms. The fraction of sp³-hybridized carbons (Fsp3) is 0.429. The number of rotatable bonds is 6. The third-order valence-corrected chi connectivity index (χ3v) is 5.12. The highest BCUT2D eigenvalue weighted by atomic mass is 32.1. The zero-order valence-corrected chi connectivity index (χ0v) is 14.0. The predicted octanol–water partition coefficient (Wildman–Crippen LogP) is 1.70. The number of aryl methyl sites for hydroxylation is 1. The summed E-state index contributed by atoms with van der Waals surface area (Å²) in [6.45, 7) is 2.45. The summed E-state index contributed by atoms with van der Waals surface area (Å²) in [5.41, 5.74) is 0.822. The summed E-state index contributed by atoms with van der Waals surface area (Å²) in [6, 6.07) is 4.22. The summed E-state index contributed by atoms with van der Waals surface area (Å²) in [6.07, 6.45) is 0. The Kier molecular flexibility index (Phi) is 5.33. The van der Waals surface area contributed by atoms with Crippen LogP contribution in [0.2, 0.25) is 0 Å². The minimum Gasteiger partial charge on any atom is -0.353 e. The van der Waals surface area contributed by atoms with Crippen LogP contribution in [0.1, 0.15) is 16.6 Å². The molecule has 1 atom stereocenters. The van der Waals surface area contributed by atoms with Crippen molar-refractivity contribution in [1.82, 2.24) is 14.8 Å². The fourth-order valence-electron chi connectivity index (χ4n) is 2.02. The fourth-order valence-corrected chi connectivity index (χ4v) is 3.68. The van der Waals surface area contributed by atoms with Gasteiger partial charge in [0.15, 0.2) is 0 Å². The molecule has 2 rings (SSSR count). The maximum atomic E-state index is 12.0. The monoisotopic (exact) mass is 325 g/mol. The Bertz CT molecular complexity index is 643. The van der Waals surface area contributed by atoms with E-state index in [0.29, 0.717) is 6.54 Å². The quantitative estimate of drug-likeness (QED) is 0.879. The van der Waals surface area contributed by atoms with Gasteiger partial charge >= 0.3 is 4.87 Å². The average Bonchev–Trinajstić information content (AvgIpc) is 3.04. The lowest BCUT2D eigenvalue weighted by atomic mass is 10.2. The first-order valence-electron chi connectivity index (χ1n) is 6.60. The number of hydrogen-bond acceptors (Lipinski definition) is 5. The Hall–Kier alpha value is -1.44. The number of amides is 1. The molecule has 0 unspecified atom stereocenters. The van der Waals surface area contributed by atoms with Crippen LogP contribution < -0.4 is 10.2 Å². The SMILES string of the molecule is Cc1csc(=O)n1CC(=O)NC[C@H](c1cccs1)N(C)C. The number of aromatic nitrogens is 1. The van der Waals surface area contributed by atoms with Gasteiger partial charge in [-0.1, -0.05) is 17.4 Å². The van der Waals surface area contributed by atoms with Crippen molar-refractivity contribution in [3.8, 4) is 0 Å². The summed E-state index contributed by atoms with van der Waals surface area (Å²) in [5.74, 6) is -0.137. The molecule has 0 aromatic carbocycles. The Labute approximate surface area is 131 Å². The van der Waals surface area contributed by atoms with Gasteiger partial charge in [0.2, 0.25) is 5.91 Å². The lowest BCUT2D eigenvalue weighted by molar-refractivity contribution is -0.121. The summed E-state index contributed by atoms with van der Waals surface area (Å²) in [5, 5.41) is 6.71. The first-order valence-corrected chi connectivity index (χ1v) is 8.36. The molecule has 5 nitrogen and oxygen atoms in total. The van der Waals surface area contributed by atoms with Gasteiger partial charge in [-0.2, -0.15) is 0 Å². The van der Waals surface area contributed by atoms with Crippen LogP contribution in [0.4, 0.5) is 0 Å². The Morgan fingerprint density at radius 3 is 2.71 bits per heavy atom. The number of carbonyl (C=O) groups is 1. The van der Waals surface area contributed by atoms with Crippen LogP contribution in [-0.4, -0.2) is 36.0 Å². The van der Waals surface area contributed by atoms with Crippen LogP contribution in [0.15, 0.2) is 27.7 Å². The minimum atomic E-state index is -0.137. The number of thiazole rings is 1. The molecule has 21 heavy (non-hydrogen) atoms. The maximum Gasteiger partial charge on any atom is 0.307 e. The number of hydrogen-bond donors (Lipinski definition) is 1. The molecule has 1 N–H and O–H groups in total. The van der Waals surface area contributed by atoms with E-state index in [1.165, 1.54) is 9.44 Å². The molecule has 0 fully saturated rings. The van der Waals surface area contributed by atoms with Gasteiger partial charge in [-0.3, -0.25) is 14.2 Å². The Morgan fingerprint density at radius 1 is 1.43 bits per heavy atom. The van der Waals surface area contributed by atoms with Gasteiger partial charge in [0.05, 0.1) is 6.04 Å². The molecule has 7 heteroatoms. The van der Waals surface area contributed by atoms with Crippen LogP contribution in [0.5, 0.6) is 0 Å². The van der Waals surface area contributed by atoms with Gasteiger partial charge in [-0.15, -0.1) is 11.3 Å². The van der Waals surface area contributed by atoms with Crippen LogP contribution in [0, 0.1) is 6.92 Å². The van der Waals surface area contributed by atoms with Crippen molar-refractivity contribution < 1.29 is 4.79 Å². The van der Waals surface area contributed by atoms with Crippen LogP contribution in [-0.2, 0) is 11.3 Å². The topological polar surface area (TPSA) is 54.3 Å². The van der Waals surface area contributed by atoms with E-state index in [4.69, 9.17) is 0 Å². The molecular formula is C14H19N3O2S2. The smallest absolute Gasteiger partial charge is 0.307 e. The molecule has 0 aliphatic carbocycles. The molecule has 114 valence electrons. The van der Waals surface area contributed by atoms with E-state index >= 15 is 0 Å². The summed E-state index contributed by atoms with van der Waals surface area (Å²) >= 11 is 2.80. The number of carbonyl (C=O) groups excluding carboxylic acids is 1. The van der Waals surface area contributed by atoms with E-state index in [1.54, 1.807) is 16.7 Å². The molecule has 0 aliphatic rings. The van der Waals surface area contributed by atoms with E-state index in [0.717, 1.165) is 17.0 Å². The van der Waals surface area contributed by atoms with Crippen molar-refractivity contribution >= 4 is 28.6 Å². The number of nitrogens with one attached hydrogen (secondary N) is 1. The van der Waals surface area contributed by atoms with Crippen molar-refractivity contribution in [3.63, 3.8) is 0 Å². The third kappa shape index (κ3) is 4.03. The summed E-state index contributed by atoms with van der Waals surface area (Å²) in [4.78, 5) is 26.8. The second-order valence-electron chi connectivity index (χ2n) is 5.03. The molecule has 0 bridgehead atoms. The third-order valence-electron chi connectivity index (χ3n) is 3.27. The van der Waals surface area contributed by atoms with Crippen molar-refractivity contribution in [3.05, 3.63) is 43.1 Å². The predicted molar refractivity (Wildman–Crippen MR) is 87.1 cm³/mol. The van der Waals surface area contributed by atoms with Gasteiger partial charge in [0, 0.05) is 22.5 Å². The van der Waals surface area contributed by atoms with Gasteiger partial charge in [-0.05, 0) is 32.5 Å². The highest BCUT2D eigenvalue weighted by Gasteiger charge is 2.16. The van der Waals surface area contributed by atoms with E-state index < -0.39 is 0 Å². The van der Waals surface area contributed by atoms with Gasteiger partial charge in [0.1, 0.15) is 6.54 Å². The zero-order valence-electron chi connectivity index (χ0n) is 12.3. The van der Waals surface area contributed by atoms with Gasteiger partial charge in [-0.25, -0.2) is 0 Å². The molecular weight excluding hydrogens is 306 g/mol. The highest BCUT2D eigenvalue weighted by molar-refractivity contribution is 7.10. The van der Waals surface area contributed by atoms with E-state index in [9.17, 15) is 9.59 Å². The Morgan fingerprint density at radius 2 is 2.19 bits per heavy atom. The lowest BCUT2D eigenvalue weighted by Crippen LogP contribution is -2.37. The first-order chi connectivity index (χ1) is 9.99. The Balaban J connectivity index is 1.95. The molecule has 2 heterocycles. The normalized spacial score (nSPS) is 12.6. The lowest BCUT2D eigenvalue weighted by Gasteiger charge is -2.23. The van der Waals surface area contributed by atoms with E-state index in [2.05, 4.69) is 16.3 Å². The van der Waals surface area contributed by atoms with Crippen molar-refractivity contribution in [1.29, 1.82) is 0 Å². The standard InChI is InChI=1S/C14H19N3O2S2/c1-10-9-21-14(19)17(10)8-13(18)15-7-11(16(2)3)12-5-4-6-20-12/h4-6,9,11H,7-8H2,1-3H3,(H,15,18)/t11-/m1/s1. The second-order valence-corrected chi connectivity index (χ2v) is 6.83. The molecule has 2 aromatic rings. The second kappa shape index (κ2) is 7.02. The summed E-state index contributed by atoms with van der Waals surface area (Å²) in [7, 11) is 3.98. The number of thiophene rings is 1. The minimum absolute atomic E-state index is 0.0821. The van der Waals surface area contributed by atoms with Crippen molar-refractivity contribution in [2.75, 3.05) is 20.6 Å². The summed E-state index contributed by atoms with van der Waals surface area (Å²) < 4.78 is 1.50. The maximum absolute atomic E-state index is 12.0. The van der Waals surface area contributed by atoms with Gasteiger partial charge < -0.3 is 10.2 Å². The molecule has 0 radical (unpaired) electrons. The highest BCUT2D eigenvalue weighted by Crippen LogP contribution is 2.22. The number of nitrogens with zero attached hydrogens (tertiary/aromatic N) is 2. The van der Waals surface area contributed by atoms with Crippen molar-refractivity contribution in [2.45, 2.75) is 19.5 Å². The van der Waals surface area contributed by atoms with Crippen LogP contribution >= 0.6 is 22.7 Å². The molecule has 0 aliphatic heterocycles. The molecule has 2 aromatic heterocycles. The largest absolute Gasteiger partial charge is 0.353 e. The van der Waals surface area contributed by atoms with Crippen LogP contribution in [0.3, 0.4) is 0 Å². The van der Waals surface area contributed by atoms with E-state index in [1.807, 2.05) is 32.5 Å². The molecule has 0 saturated heterocycles. The number of likely N-dealkylation sites (N-methyl/N-ethyl adjacent to an activating group) is 1. The van der Waals surface area contributed by atoms with Crippen LogP contribution in [0.25, 0.3) is 0 Å². The van der Waals surface area contributed by atoms with E-state index in [-0.39, 0.29) is 23.4 Å². The molecule has 1 amide bonds. The first kappa shape index (κ1) is 15.9. The molecule has 0 saturated carbocycles. The zero-order chi connectivity index (χ0) is 15.4. The average molecular weight is 325 g/mol.